The summed E-state index contributed by atoms with van der Waals surface area (Å²) in [5.74, 6) is 0. The Labute approximate surface area is 87.8 Å². The second kappa shape index (κ2) is 10.2. The van der Waals surface area contributed by atoms with Gasteiger partial charge < -0.3 is 4.52 Å². The van der Waals surface area contributed by atoms with Crippen LogP contribution in [0.3, 0.4) is 0 Å². The van der Waals surface area contributed by atoms with Gasteiger partial charge in [-0.15, -0.1) is 24.5 Å². The highest BCUT2D eigenvalue weighted by molar-refractivity contribution is 8.76. The average Bonchev–Trinajstić information content (AvgIpc) is 2.02. The van der Waals surface area contributed by atoms with Crippen molar-refractivity contribution in [1.82, 2.24) is 0 Å². The molecule has 0 saturated carbocycles. The molecule has 0 rings (SSSR count). The van der Waals surface area contributed by atoms with Gasteiger partial charge in [-0.25, -0.2) is 0 Å². The SMILES string of the molecule is CCCCCCCCOP(S)S. The van der Waals surface area contributed by atoms with Crippen molar-refractivity contribution in [1.29, 1.82) is 0 Å². The van der Waals surface area contributed by atoms with Crippen molar-refractivity contribution in [2.24, 2.45) is 0 Å². The van der Waals surface area contributed by atoms with Crippen LogP contribution in [0.25, 0.3) is 0 Å². The van der Waals surface area contributed by atoms with Crippen LogP contribution in [-0.4, -0.2) is 6.61 Å². The van der Waals surface area contributed by atoms with Crippen molar-refractivity contribution < 1.29 is 4.52 Å². The van der Waals surface area contributed by atoms with Crippen LogP contribution in [-0.2, 0) is 4.52 Å². The maximum atomic E-state index is 5.24. The van der Waals surface area contributed by atoms with Crippen molar-refractivity contribution in [3.8, 4) is 0 Å². The summed E-state index contributed by atoms with van der Waals surface area (Å²) in [4.78, 5) is 0. The second-order valence-corrected chi connectivity index (χ2v) is 6.74. The molecule has 0 aliphatic rings. The summed E-state index contributed by atoms with van der Waals surface area (Å²) < 4.78 is 5.24. The summed E-state index contributed by atoms with van der Waals surface area (Å²) in [6.07, 6.45) is 7.83. The third kappa shape index (κ3) is 11.1. The Morgan fingerprint density at radius 1 is 1.00 bits per heavy atom. The molecule has 1 nitrogen and oxygen atoms in total. The van der Waals surface area contributed by atoms with Gasteiger partial charge in [0, 0.05) is 0 Å². The Bertz CT molecular complexity index is 91.1. The third-order valence-electron chi connectivity index (χ3n) is 1.70. The van der Waals surface area contributed by atoms with Crippen LogP contribution in [0, 0.1) is 0 Å². The van der Waals surface area contributed by atoms with Gasteiger partial charge in [0.1, 0.15) is 6.55 Å². The first-order valence-corrected chi connectivity index (χ1v) is 8.14. The summed E-state index contributed by atoms with van der Waals surface area (Å²) in [5, 5.41) is 0. The fourth-order valence-electron chi connectivity index (χ4n) is 1.03. The highest BCUT2D eigenvalue weighted by Crippen LogP contribution is 2.46. The predicted octanol–water partition coefficient (Wildman–Crippen LogP) is 4.45. The molecular formula is C8H19OPS2. The first-order valence-electron chi connectivity index (χ1n) is 4.58. The van der Waals surface area contributed by atoms with Gasteiger partial charge >= 0.3 is 0 Å². The Hall–Kier alpha value is 1.09. The van der Waals surface area contributed by atoms with Crippen molar-refractivity contribution in [3.05, 3.63) is 0 Å². The topological polar surface area (TPSA) is 9.23 Å². The van der Waals surface area contributed by atoms with Gasteiger partial charge in [-0.05, 0) is 6.42 Å². The van der Waals surface area contributed by atoms with Gasteiger partial charge in [0.2, 0.25) is 0 Å². The zero-order valence-corrected chi connectivity index (χ0v) is 10.4. The molecule has 4 heteroatoms. The zero-order valence-electron chi connectivity index (χ0n) is 7.70. The monoisotopic (exact) mass is 226 g/mol. The number of rotatable bonds is 8. The molecule has 0 aromatic rings. The lowest BCUT2D eigenvalue weighted by Crippen LogP contribution is -1.86. The standard InChI is InChI=1S/C8H19OPS2/c1-2-3-4-5-6-7-8-9-10(11)12/h11-12H,2-8H2,1H3. The summed E-state index contributed by atoms with van der Waals surface area (Å²) in [5.41, 5.74) is 0. The van der Waals surface area contributed by atoms with Crippen LogP contribution in [0.5, 0.6) is 0 Å². The van der Waals surface area contributed by atoms with Gasteiger partial charge in [0.05, 0.1) is 6.61 Å². The quantitative estimate of drug-likeness (QED) is 0.353. The molecule has 12 heavy (non-hydrogen) atoms. The largest absolute Gasteiger partial charge is 0.339 e. The molecule has 0 heterocycles. The number of hydrogen-bond donors (Lipinski definition) is 2. The van der Waals surface area contributed by atoms with Gasteiger partial charge in [0.15, 0.2) is 0 Å². The minimum atomic E-state index is -0.739. The molecule has 0 N–H and O–H groups in total. The molecule has 0 saturated heterocycles. The highest BCUT2D eigenvalue weighted by atomic mass is 33.1. The van der Waals surface area contributed by atoms with E-state index in [0.29, 0.717) is 0 Å². The molecule has 0 unspecified atom stereocenters. The smallest absolute Gasteiger partial charge is 0.145 e. The molecule has 74 valence electrons. The zero-order chi connectivity index (χ0) is 9.23. The van der Waals surface area contributed by atoms with E-state index >= 15 is 0 Å². The maximum Gasteiger partial charge on any atom is 0.145 e. The number of hydrogen-bond acceptors (Lipinski definition) is 3. The molecule has 0 spiro atoms. The van der Waals surface area contributed by atoms with Crippen molar-refractivity contribution in [3.63, 3.8) is 0 Å². The van der Waals surface area contributed by atoms with E-state index in [1.165, 1.54) is 32.1 Å². The number of unbranched alkanes of at least 4 members (excludes halogenated alkanes) is 5. The molecule has 0 aromatic carbocycles. The third-order valence-corrected chi connectivity index (χ3v) is 2.81. The van der Waals surface area contributed by atoms with E-state index in [1.54, 1.807) is 0 Å². The summed E-state index contributed by atoms with van der Waals surface area (Å²) in [7, 11) is 0. The Balaban J connectivity index is 2.82. The molecule has 0 aliphatic carbocycles. The van der Waals surface area contributed by atoms with Crippen LogP contribution in [0.4, 0.5) is 0 Å². The van der Waals surface area contributed by atoms with Crippen LogP contribution >= 0.6 is 31.0 Å². The van der Waals surface area contributed by atoms with E-state index < -0.39 is 6.55 Å². The van der Waals surface area contributed by atoms with E-state index in [4.69, 9.17) is 4.52 Å². The first kappa shape index (κ1) is 13.1. The maximum absolute atomic E-state index is 5.24. The van der Waals surface area contributed by atoms with Crippen molar-refractivity contribution in [2.75, 3.05) is 6.61 Å². The van der Waals surface area contributed by atoms with Crippen LogP contribution in [0.1, 0.15) is 45.4 Å². The lowest BCUT2D eigenvalue weighted by atomic mass is 10.1. The Kier molecular flexibility index (Phi) is 11.1. The molecule has 0 fully saturated rings. The first-order chi connectivity index (χ1) is 5.77. The van der Waals surface area contributed by atoms with Crippen molar-refractivity contribution in [2.45, 2.75) is 45.4 Å². The predicted molar refractivity (Wildman–Crippen MR) is 64.2 cm³/mol. The van der Waals surface area contributed by atoms with E-state index in [0.717, 1.165) is 13.0 Å². The average molecular weight is 226 g/mol. The molecule has 0 bridgehead atoms. The van der Waals surface area contributed by atoms with Gasteiger partial charge in [-0.3, -0.25) is 0 Å². The van der Waals surface area contributed by atoms with Crippen LogP contribution < -0.4 is 0 Å². The fourth-order valence-corrected chi connectivity index (χ4v) is 1.81. The molecule has 0 atom stereocenters. The molecule has 0 aliphatic heterocycles. The second-order valence-electron chi connectivity index (χ2n) is 2.85. The van der Waals surface area contributed by atoms with Crippen LogP contribution in [0.2, 0.25) is 0 Å². The van der Waals surface area contributed by atoms with Gasteiger partial charge in [-0.1, -0.05) is 39.0 Å². The van der Waals surface area contributed by atoms with Crippen molar-refractivity contribution >= 4 is 31.0 Å². The fraction of sp³-hybridized carbons (Fsp3) is 1.00. The van der Waals surface area contributed by atoms with Gasteiger partial charge in [0.25, 0.3) is 0 Å². The molecular weight excluding hydrogens is 207 g/mol. The Morgan fingerprint density at radius 3 is 2.17 bits per heavy atom. The molecule has 0 aromatic heterocycles. The van der Waals surface area contributed by atoms with Crippen LogP contribution in [0.15, 0.2) is 0 Å². The normalized spacial score (nSPS) is 11.0. The van der Waals surface area contributed by atoms with E-state index in [-0.39, 0.29) is 0 Å². The number of thiol groups is 2. The van der Waals surface area contributed by atoms with E-state index in [9.17, 15) is 0 Å². The summed E-state index contributed by atoms with van der Waals surface area (Å²) >= 11 is 8.13. The summed E-state index contributed by atoms with van der Waals surface area (Å²) in [6, 6.07) is 0. The minimum Gasteiger partial charge on any atom is -0.339 e. The minimum absolute atomic E-state index is 0.739. The lowest BCUT2D eigenvalue weighted by molar-refractivity contribution is 0.349. The lowest BCUT2D eigenvalue weighted by Gasteiger charge is -2.04. The molecule has 0 amide bonds. The van der Waals surface area contributed by atoms with E-state index in [1.807, 2.05) is 0 Å². The highest BCUT2D eigenvalue weighted by Gasteiger charge is 1.94. The Morgan fingerprint density at radius 2 is 1.58 bits per heavy atom. The summed E-state index contributed by atoms with van der Waals surface area (Å²) in [6.45, 7) is 2.32. The van der Waals surface area contributed by atoms with E-state index in [2.05, 4.69) is 31.4 Å². The molecule has 0 radical (unpaired) electrons. The van der Waals surface area contributed by atoms with Gasteiger partial charge in [-0.2, -0.15) is 0 Å².